The zero-order valence-corrected chi connectivity index (χ0v) is 13.1. The first-order valence-electron chi connectivity index (χ1n) is 7.36. The zero-order valence-electron chi connectivity index (χ0n) is 13.1. The number of nitrogens with zero attached hydrogens (tertiary/aromatic N) is 5. The minimum Gasteiger partial charge on any atom is -0.320 e. The second-order valence-corrected chi connectivity index (χ2v) is 5.54. The summed E-state index contributed by atoms with van der Waals surface area (Å²) in [6, 6.07) is 7.94. The first-order valence-corrected chi connectivity index (χ1v) is 7.36. The number of nitrogens with one attached hydrogen (secondary N) is 1. The molecule has 0 bridgehead atoms. The van der Waals surface area contributed by atoms with Crippen molar-refractivity contribution in [1.82, 2.24) is 15.0 Å². The normalized spacial score (nSPS) is 13.8. The Labute approximate surface area is 133 Å². The van der Waals surface area contributed by atoms with E-state index in [1.807, 2.05) is 29.2 Å². The second kappa shape index (κ2) is 6.17. The highest BCUT2D eigenvalue weighted by Gasteiger charge is 2.30. The summed E-state index contributed by atoms with van der Waals surface area (Å²) in [5.41, 5.74) is 4.90. The van der Waals surface area contributed by atoms with Crippen LogP contribution in [-0.4, -0.2) is 40.5 Å². The fraction of sp³-hybridized carbons (Fsp3) is 0.333. The lowest BCUT2D eigenvalue weighted by Gasteiger charge is -2.30. The number of hydrogen-bond donors (Lipinski definition) is 1. The molecule has 1 aliphatic heterocycles. The Morgan fingerprint density at radius 3 is 2.83 bits per heavy atom. The van der Waals surface area contributed by atoms with Crippen molar-refractivity contribution in [2.45, 2.75) is 12.8 Å². The van der Waals surface area contributed by atoms with E-state index in [9.17, 15) is 10.1 Å². The molecule has 0 unspecified atom stereocenters. The van der Waals surface area contributed by atoms with E-state index in [0.717, 1.165) is 18.5 Å². The number of para-hydroxylation sites is 1. The van der Waals surface area contributed by atoms with Crippen LogP contribution in [0.25, 0.3) is 0 Å². The smallest absolute Gasteiger partial charge is 0.320 e. The molecule has 0 aliphatic carbocycles. The van der Waals surface area contributed by atoms with E-state index >= 15 is 0 Å². The number of fused-ring (bicyclic) bond motifs is 1. The van der Waals surface area contributed by atoms with Crippen LogP contribution in [-0.2, 0) is 6.42 Å². The molecule has 0 saturated heterocycles. The van der Waals surface area contributed by atoms with E-state index in [1.165, 1.54) is 11.9 Å². The van der Waals surface area contributed by atoms with Crippen molar-refractivity contribution in [3.05, 3.63) is 46.3 Å². The van der Waals surface area contributed by atoms with E-state index in [-0.39, 0.29) is 11.5 Å². The molecule has 0 fully saturated rings. The van der Waals surface area contributed by atoms with Crippen LogP contribution >= 0.6 is 0 Å². The summed E-state index contributed by atoms with van der Waals surface area (Å²) in [6.45, 7) is 0.691. The predicted octanol–water partition coefficient (Wildman–Crippen LogP) is 2.36. The summed E-state index contributed by atoms with van der Waals surface area (Å²) in [5.74, 6) is 0.509. The van der Waals surface area contributed by atoms with Crippen molar-refractivity contribution >= 4 is 23.0 Å². The van der Waals surface area contributed by atoms with Crippen LogP contribution in [0.2, 0.25) is 0 Å². The van der Waals surface area contributed by atoms with Crippen LogP contribution < -0.4 is 10.3 Å². The number of benzene rings is 1. The Morgan fingerprint density at radius 1 is 1.30 bits per heavy atom. The number of aromatic nitrogens is 2. The molecular formula is C15H18N6O2. The van der Waals surface area contributed by atoms with E-state index < -0.39 is 4.92 Å². The van der Waals surface area contributed by atoms with E-state index in [4.69, 9.17) is 0 Å². The lowest BCUT2D eigenvalue weighted by molar-refractivity contribution is -0.383. The summed E-state index contributed by atoms with van der Waals surface area (Å²) < 4.78 is 0. The van der Waals surface area contributed by atoms with Gasteiger partial charge in [0.1, 0.15) is 6.33 Å². The van der Waals surface area contributed by atoms with Gasteiger partial charge in [0.15, 0.2) is 0 Å². The topological polar surface area (TPSA) is 87.4 Å². The molecule has 1 aromatic carbocycles. The van der Waals surface area contributed by atoms with Gasteiger partial charge in [-0.2, -0.15) is 0 Å². The highest BCUT2D eigenvalue weighted by Crippen LogP contribution is 2.39. The van der Waals surface area contributed by atoms with Gasteiger partial charge in [0.25, 0.3) is 0 Å². The number of nitro groups is 1. The third-order valence-corrected chi connectivity index (χ3v) is 3.68. The monoisotopic (exact) mass is 314 g/mol. The Bertz CT molecular complexity index is 734. The van der Waals surface area contributed by atoms with Crippen molar-refractivity contribution < 1.29 is 4.92 Å². The van der Waals surface area contributed by atoms with E-state index in [0.29, 0.717) is 12.4 Å². The summed E-state index contributed by atoms with van der Waals surface area (Å²) in [7, 11) is 3.50. The fourth-order valence-corrected chi connectivity index (χ4v) is 2.78. The van der Waals surface area contributed by atoms with Gasteiger partial charge in [-0.15, -0.1) is 0 Å². The molecule has 2 heterocycles. The molecule has 1 aromatic heterocycles. The van der Waals surface area contributed by atoms with Gasteiger partial charge in [-0.1, -0.05) is 18.2 Å². The molecule has 0 saturated carbocycles. The van der Waals surface area contributed by atoms with Crippen molar-refractivity contribution in [1.29, 1.82) is 0 Å². The van der Waals surface area contributed by atoms with Crippen molar-refractivity contribution in [3.63, 3.8) is 0 Å². The summed E-state index contributed by atoms with van der Waals surface area (Å²) in [5, 5.41) is 13.2. The van der Waals surface area contributed by atoms with Gasteiger partial charge in [0, 0.05) is 26.3 Å². The first-order chi connectivity index (χ1) is 11.1. The average molecular weight is 314 g/mol. The molecule has 3 rings (SSSR count). The van der Waals surface area contributed by atoms with Gasteiger partial charge in [0.2, 0.25) is 11.6 Å². The Hall–Kier alpha value is -2.74. The van der Waals surface area contributed by atoms with Gasteiger partial charge >= 0.3 is 5.69 Å². The average Bonchev–Trinajstić information content (AvgIpc) is 2.53. The molecule has 2 aromatic rings. The minimum absolute atomic E-state index is 0.113. The second-order valence-electron chi connectivity index (χ2n) is 5.54. The highest BCUT2D eigenvalue weighted by atomic mass is 16.6. The number of aryl methyl sites for hydroxylation is 1. The maximum atomic E-state index is 11.6. The van der Waals surface area contributed by atoms with Crippen LogP contribution in [0, 0.1) is 10.1 Å². The lowest BCUT2D eigenvalue weighted by atomic mass is 10.0. The third-order valence-electron chi connectivity index (χ3n) is 3.68. The first kappa shape index (κ1) is 15.2. The van der Waals surface area contributed by atoms with Gasteiger partial charge in [-0.3, -0.25) is 15.5 Å². The molecule has 0 atom stereocenters. The molecule has 8 nitrogen and oxygen atoms in total. The molecule has 1 N–H and O–H groups in total. The van der Waals surface area contributed by atoms with Crippen LogP contribution in [0.5, 0.6) is 0 Å². The van der Waals surface area contributed by atoms with Gasteiger partial charge in [-0.05, 0) is 24.5 Å². The Kier molecular flexibility index (Phi) is 4.07. The summed E-state index contributed by atoms with van der Waals surface area (Å²) in [4.78, 5) is 21.3. The maximum Gasteiger partial charge on any atom is 0.355 e. The number of hydrazine groups is 1. The SMILES string of the molecule is CN(C)Nc1ncnc(N2CCCc3ccccc32)c1[N+](=O)[O-]. The predicted molar refractivity (Wildman–Crippen MR) is 87.8 cm³/mol. The standard InChI is InChI=1S/C15H18N6O2/c1-19(2)18-14-13(21(22)23)15(17-10-16-14)20-9-5-7-11-6-3-4-8-12(11)20/h3-4,6,8,10H,5,7,9H2,1-2H3,(H,16,17,18). The third kappa shape index (κ3) is 2.93. The number of hydrogen-bond acceptors (Lipinski definition) is 7. The highest BCUT2D eigenvalue weighted by molar-refractivity contribution is 5.77. The van der Waals surface area contributed by atoms with Gasteiger partial charge in [0.05, 0.1) is 4.92 Å². The number of anilines is 3. The van der Waals surface area contributed by atoms with E-state index in [2.05, 4.69) is 15.4 Å². The molecule has 23 heavy (non-hydrogen) atoms. The Balaban J connectivity index is 2.12. The molecule has 8 heteroatoms. The van der Waals surface area contributed by atoms with E-state index in [1.54, 1.807) is 19.1 Å². The molecule has 120 valence electrons. The van der Waals surface area contributed by atoms with Gasteiger partial charge < -0.3 is 4.90 Å². The molecule has 1 aliphatic rings. The quantitative estimate of drug-likeness (QED) is 0.684. The van der Waals surface area contributed by atoms with Crippen LogP contribution in [0.3, 0.4) is 0 Å². The zero-order chi connectivity index (χ0) is 16.4. The molecular weight excluding hydrogens is 296 g/mol. The molecule has 0 spiro atoms. The summed E-state index contributed by atoms with van der Waals surface area (Å²) >= 11 is 0. The van der Waals surface area contributed by atoms with Crippen molar-refractivity contribution in [3.8, 4) is 0 Å². The molecule has 0 radical (unpaired) electrons. The summed E-state index contributed by atoms with van der Waals surface area (Å²) in [6.07, 6.45) is 3.24. The maximum absolute atomic E-state index is 11.6. The largest absolute Gasteiger partial charge is 0.355 e. The lowest BCUT2D eigenvalue weighted by Crippen LogP contribution is -2.27. The van der Waals surface area contributed by atoms with Crippen LogP contribution in [0.4, 0.5) is 23.0 Å². The Morgan fingerprint density at radius 2 is 2.09 bits per heavy atom. The fourth-order valence-electron chi connectivity index (χ4n) is 2.78. The van der Waals surface area contributed by atoms with Crippen molar-refractivity contribution in [2.75, 3.05) is 31.0 Å². The van der Waals surface area contributed by atoms with Crippen LogP contribution in [0.15, 0.2) is 30.6 Å². The number of rotatable bonds is 4. The minimum atomic E-state index is -0.432. The van der Waals surface area contributed by atoms with Gasteiger partial charge in [-0.25, -0.2) is 15.0 Å². The molecule has 0 amide bonds. The van der Waals surface area contributed by atoms with Crippen LogP contribution in [0.1, 0.15) is 12.0 Å². The van der Waals surface area contributed by atoms with Crippen molar-refractivity contribution in [2.24, 2.45) is 0 Å².